The van der Waals surface area contributed by atoms with Crippen LogP contribution in [0.5, 0.6) is 11.5 Å². The van der Waals surface area contributed by atoms with Crippen LogP contribution in [0.3, 0.4) is 0 Å². The molecule has 3 rings (SSSR count). The van der Waals surface area contributed by atoms with Crippen LogP contribution >= 0.6 is 0 Å². The Morgan fingerprint density at radius 3 is 2.55 bits per heavy atom. The third-order valence-corrected chi connectivity index (χ3v) is 3.44. The van der Waals surface area contributed by atoms with Gasteiger partial charge in [0.1, 0.15) is 17.3 Å². The van der Waals surface area contributed by atoms with Crippen LogP contribution < -0.4 is 14.4 Å². The minimum Gasteiger partial charge on any atom is -0.454 e. The van der Waals surface area contributed by atoms with E-state index < -0.39 is 17.5 Å². The summed E-state index contributed by atoms with van der Waals surface area (Å²) in [5.41, 5.74) is 0.325. The molecule has 2 aromatic carbocycles. The number of para-hydroxylation sites is 1. The average Bonchev–Trinajstić information content (AvgIpc) is 2.94. The first-order valence-corrected chi connectivity index (χ1v) is 6.65. The van der Waals surface area contributed by atoms with Crippen molar-refractivity contribution < 1.29 is 23.0 Å². The first-order chi connectivity index (χ1) is 10.6. The second-order valence-corrected chi connectivity index (χ2v) is 4.89. The van der Waals surface area contributed by atoms with Gasteiger partial charge >= 0.3 is 0 Å². The zero-order chi connectivity index (χ0) is 15.7. The molecule has 4 nitrogen and oxygen atoms in total. The summed E-state index contributed by atoms with van der Waals surface area (Å²) in [4.78, 5) is 13.2. The first-order valence-electron chi connectivity index (χ1n) is 6.65. The molecule has 0 N–H and O–H groups in total. The van der Waals surface area contributed by atoms with E-state index in [-0.39, 0.29) is 18.9 Å². The number of likely N-dealkylation sites (N-methyl/N-ethyl adjacent to an activating group) is 1. The summed E-state index contributed by atoms with van der Waals surface area (Å²) in [5.74, 6) is -0.805. The summed E-state index contributed by atoms with van der Waals surface area (Å²) in [6.45, 7) is 0.146. The topological polar surface area (TPSA) is 38.8 Å². The van der Waals surface area contributed by atoms with Crippen LogP contribution in [0.2, 0.25) is 0 Å². The summed E-state index contributed by atoms with van der Waals surface area (Å²) >= 11 is 0. The third-order valence-electron chi connectivity index (χ3n) is 3.44. The Labute approximate surface area is 125 Å². The molecule has 2 aromatic rings. The fourth-order valence-corrected chi connectivity index (χ4v) is 2.28. The van der Waals surface area contributed by atoms with Crippen molar-refractivity contribution in [3.63, 3.8) is 0 Å². The average molecular weight is 305 g/mol. The molecule has 1 amide bonds. The molecule has 0 fully saturated rings. The Morgan fingerprint density at radius 1 is 1.14 bits per heavy atom. The van der Waals surface area contributed by atoms with E-state index in [0.29, 0.717) is 17.1 Å². The summed E-state index contributed by atoms with van der Waals surface area (Å²) in [6, 6.07) is 8.59. The number of carbonyl (C=O) groups excluding carboxylic acids is 1. The number of amides is 1. The lowest BCUT2D eigenvalue weighted by atomic mass is 10.1. The van der Waals surface area contributed by atoms with E-state index in [4.69, 9.17) is 9.47 Å². The van der Waals surface area contributed by atoms with E-state index in [1.807, 2.05) is 0 Å². The highest BCUT2D eigenvalue weighted by molar-refractivity contribution is 5.94. The molecule has 1 heterocycles. The van der Waals surface area contributed by atoms with Crippen LogP contribution in [0.25, 0.3) is 0 Å². The smallest absolute Gasteiger partial charge is 0.231 e. The van der Waals surface area contributed by atoms with Gasteiger partial charge in [-0.3, -0.25) is 4.79 Å². The second-order valence-electron chi connectivity index (χ2n) is 4.89. The summed E-state index contributed by atoms with van der Waals surface area (Å²) in [5, 5.41) is 0. The fourth-order valence-electron chi connectivity index (χ4n) is 2.28. The minimum absolute atomic E-state index is 0.000907. The molecule has 114 valence electrons. The SMILES string of the molecule is CN(C(=O)Cc1ccc2c(c1)OCO2)c1c(F)cccc1F. The van der Waals surface area contributed by atoms with Crippen LogP contribution in [-0.2, 0) is 11.2 Å². The zero-order valence-electron chi connectivity index (χ0n) is 11.8. The van der Waals surface area contributed by atoms with E-state index in [2.05, 4.69) is 0 Å². The van der Waals surface area contributed by atoms with Gasteiger partial charge in [0.15, 0.2) is 11.5 Å². The summed E-state index contributed by atoms with van der Waals surface area (Å²) in [7, 11) is 1.34. The first kappa shape index (κ1) is 14.3. The highest BCUT2D eigenvalue weighted by Gasteiger charge is 2.20. The number of anilines is 1. The lowest BCUT2D eigenvalue weighted by molar-refractivity contribution is -0.117. The van der Waals surface area contributed by atoms with E-state index in [9.17, 15) is 13.6 Å². The van der Waals surface area contributed by atoms with Crippen molar-refractivity contribution in [1.29, 1.82) is 0 Å². The molecule has 1 aliphatic heterocycles. The molecule has 6 heteroatoms. The van der Waals surface area contributed by atoms with Gasteiger partial charge < -0.3 is 14.4 Å². The van der Waals surface area contributed by atoms with Gasteiger partial charge in [-0.05, 0) is 29.8 Å². The van der Waals surface area contributed by atoms with Crippen LogP contribution in [0, 0.1) is 11.6 Å². The Morgan fingerprint density at radius 2 is 1.82 bits per heavy atom. The molecule has 0 radical (unpaired) electrons. The van der Waals surface area contributed by atoms with Crippen molar-refractivity contribution in [3.05, 3.63) is 53.6 Å². The highest BCUT2D eigenvalue weighted by Crippen LogP contribution is 2.33. The maximum Gasteiger partial charge on any atom is 0.231 e. The minimum atomic E-state index is -0.776. The normalized spacial score (nSPS) is 12.3. The number of hydrogen-bond acceptors (Lipinski definition) is 3. The van der Waals surface area contributed by atoms with E-state index >= 15 is 0 Å². The molecular formula is C16H13F2NO3. The van der Waals surface area contributed by atoms with Gasteiger partial charge in [0.2, 0.25) is 12.7 Å². The van der Waals surface area contributed by atoms with Gasteiger partial charge in [0.25, 0.3) is 0 Å². The van der Waals surface area contributed by atoms with Crippen LogP contribution in [0.15, 0.2) is 36.4 Å². The molecule has 0 atom stereocenters. The van der Waals surface area contributed by atoms with Crippen molar-refractivity contribution in [2.24, 2.45) is 0 Å². The van der Waals surface area contributed by atoms with E-state index in [1.54, 1.807) is 18.2 Å². The molecule has 0 bridgehead atoms. The second kappa shape index (κ2) is 5.63. The van der Waals surface area contributed by atoms with Crippen molar-refractivity contribution in [2.45, 2.75) is 6.42 Å². The highest BCUT2D eigenvalue weighted by atomic mass is 19.1. The molecule has 22 heavy (non-hydrogen) atoms. The summed E-state index contributed by atoms with van der Waals surface area (Å²) in [6.07, 6.45) is 0.000907. The van der Waals surface area contributed by atoms with Gasteiger partial charge in [-0.25, -0.2) is 8.78 Å². The quantitative estimate of drug-likeness (QED) is 0.875. The van der Waals surface area contributed by atoms with Gasteiger partial charge in [0.05, 0.1) is 6.42 Å². The number of ether oxygens (including phenoxy) is 2. The van der Waals surface area contributed by atoms with Crippen LogP contribution in [-0.4, -0.2) is 19.7 Å². The summed E-state index contributed by atoms with van der Waals surface area (Å²) < 4.78 is 37.8. The predicted octanol–water partition coefficient (Wildman–Crippen LogP) is 2.90. The molecule has 1 aliphatic rings. The van der Waals surface area contributed by atoms with Crippen molar-refractivity contribution in [2.75, 3.05) is 18.7 Å². The standard InChI is InChI=1S/C16H13F2NO3/c1-19(16-11(17)3-2-4-12(16)18)15(20)8-10-5-6-13-14(7-10)22-9-21-13/h2-7H,8-9H2,1H3. The Balaban J connectivity index is 1.79. The van der Waals surface area contributed by atoms with E-state index in [0.717, 1.165) is 17.0 Å². The molecule has 0 saturated heterocycles. The van der Waals surface area contributed by atoms with Gasteiger partial charge in [0, 0.05) is 7.05 Å². The van der Waals surface area contributed by atoms with E-state index in [1.165, 1.54) is 13.1 Å². The number of benzene rings is 2. The predicted molar refractivity (Wildman–Crippen MR) is 76.0 cm³/mol. The lowest BCUT2D eigenvalue weighted by Gasteiger charge is -2.18. The van der Waals surface area contributed by atoms with Crippen LogP contribution in [0.1, 0.15) is 5.56 Å². The number of nitrogens with zero attached hydrogens (tertiary/aromatic N) is 1. The van der Waals surface area contributed by atoms with Crippen LogP contribution in [0.4, 0.5) is 14.5 Å². The number of hydrogen-bond donors (Lipinski definition) is 0. The van der Waals surface area contributed by atoms with Crippen molar-refractivity contribution >= 4 is 11.6 Å². The Kier molecular flexibility index (Phi) is 3.66. The molecule has 0 saturated carbocycles. The van der Waals surface area contributed by atoms with Gasteiger partial charge in [-0.15, -0.1) is 0 Å². The monoisotopic (exact) mass is 305 g/mol. The number of fused-ring (bicyclic) bond motifs is 1. The number of carbonyl (C=O) groups is 1. The molecular weight excluding hydrogens is 292 g/mol. The largest absolute Gasteiger partial charge is 0.454 e. The Bertz CT molecular complexity index is 713. The Hall–Kier alpha value is -2.63. The fraction of sp³-hybridized carbons (Fsp3) is 0.188. The maximum atomic E-state index is 13.7. The molecule has 0 aromatic heterocycles. The number of halogens is 2. The molecule has 0 unspecified atom stereocenters. The number of rotatable bonds is 3. The van der Waals surface area contributed by atoms with Crippen molar-refractivity contribution in [3.8, 4) is 11.5 Å². The van der Waals surface area contributed by atoms with Gasteiger partial charge in [-0.1, -0.05) is 12.1 Å². The molecule has 0 spiro atoms. The van der Waals surface area contributed by atoms with Crippen molar-refractivity contribution in [1.82, 2.24) is 0 Å². The maximum absolute atomic E-state index is 13.7. The molecule has 0 aliphatic carbocycles. The zero-order valence-corrected chi connectivity index (χ0v) is 11.8. The van der Waals surface area contributed by atoms with Gasteiger partial charge in [-0.2, -0.15) is 0 Å². The lowest BCUT2D eigenvalue weighted by Crippen LogP contribution is -2.29. The third kappa shape index (κ3) is 2.59.